The van der Waals surface area contributed by atoms with E-state index in [0.29, 0.717) is 43.8 Å². The van der Waals surface area contributed by atoms with Gasteiger partial charge in [-0.1, -0.05) is 24.9 Å². The molecule has 0 unspecified atom stereocenters. The van der Waals surface area contributed by atoms with E-state index < -0.39 is 11.2 Å². The molecular weight excluding hydrogens is 412 g/mol. The van der Waals surface area contributed by atoms with Crippen molar-refractivity contribution in [1.29, 1.82) is 0 Å². The van der Waals surface area contributed by atoms with Crippen LogP contribution >= 0.6 is 0 Å². The van der Waals surface area contributed by atoms with E-state index in [0.717, 1.165) is 25.0 Å². The molecule has 32 heavy (non-hydrogen) atoms. The minimum Gasteiger partial charge on any atom is -0.474 e. The molecule has 0 atom stereocenters. The number of hydrogen-bond donors (Lipinski definition) is 1. The summed E-state index contributed by atoms with van der Waals surface area (Å²) in [6.45, 7) is 13.5. The van der Waals surface area contributed by atoms with Crippen LogP contribution in [0.3, 0.4) is 0 Å². The number of H-pyrrole nitrogens is 1. The van der Waals surface area contributed by atoms with Crippen molar-refractivity contribution in [2.45, 2.75) is 71.8 Å². The molecular formula is C23H32N4O5. The van der Waals surface area contributed by atoms with E-state index in [9.17, 15) is 9.59 Å². The molecule has 3 rings (SSSR count). The molecule has 174 valence electrons. The molecule has 0 aliphatic carbocycles. The predicted molar refractivity (Wildman–Crippen MR) is 123 cm³/mol. The maximum Gasteiger partial charge on any atom is 0.337 e. The lowest BCUT2D eigenvalue weighted by molar-refractivity contribution is 0.00263. The van der Waals surface area contributed by atoms with Gasteiger partial charge < -0.3 is 18.9 Å². The van der Waals surface area contributed by atoms with Crippen LogP contribution in [-0.2, 0) is 11.2 Å². The number of piperidine rings is 1. The van der Waals surface area contributed by atoms with Crippen LogP contribution in [0.5, 0.6) is 6.01 Å². The highest BCUT2D eigenvalue weighted by Crippen LogP contribution is 2.20. The molecule has 1 saturated heterocycles. The Morgan fingerprint density at radius 1 is 1.28 bits per heavy atom. The van der Waals surface area contributed by atoms with Gasteiger partial charge in [-0.2, -0.15) is 4.98 Å². The van der Waals surface area contributed by atoms with Gasteiger partial charge in [0.25, 0.3) is 5.56 Å². The molecule has 0 saturated carbocycles. The average molecular weight is 445 g/mol. The first-order valence-corrected chi connectivity index (χ1v) is 11.1. The number of aromatic amines is 1. The second kappa shape index (κ2) is 10.0. The average Bonchev–Trinajstić information content (AvgIpc) is 2.71. The van der Waals surface area contributed by atoms with E-state index in [-0.39, 0.29) is 22.7 Å². The number of likely N-dealkylation sites (tertiary alicyclic amines) is 1. The molecule has 1 N–H and O–H groups in total. The predicted octanol–water partition coefficient (Wildman–Crippen LogP) is 3.73. The largest absolute Gasteiger partial charge is 0.474 e. The topological polar surface area (TPSA) is 110 Å². The summed E-state index contributed by atoms with van der Waals surface area (Å²) >= 11 is 0. The second-order valence-electron chi connectivity index (χ2n) is 8.94. The van der Waals surface area contributed by atoms with Gasteiger partial charge in [-0.05, 0) is 45.8 Å². The van der Waals surface area contributed by atoms with Crippen LogP contribution in [-0.4, -0.2) is 39.3 Å². The third kappa shape index (κ3) is 6.21. The summed E-state index contributed by atoms with van der Waals surface area (Å²) in [6.07, 6.45) is 4.89. The molecule has 1 aliphatic rings. The monoisotopic (exact) mass is 444 g/mol. The van der Waals surface area contributed by atoms with Crippen molar-refractivity contribution in [1.82, 2.24) is 14.9 Å². The number of aryl methyl sites for hydroxylation is 1. The van der Waals surface area contributed by atoms with E-state index in [1.54, 1.807) is 0 Å². The molecule has 0 spiro atoms. The van der Waals surface area contributed by atoms with Crippen LogP contribution in [0.1, 0.15) is 65.4 Å². The lowest BCUT2D eigenvalue weighted by Gasteiger charge is -2.34. The van der Waals surface area contributed by atoms with Gasteiger partial charge in [0.2, 0.25) is 5.71 Å². The van der Waals surface area contributed by atoms with Gasteiger partial charge in [-0.3, -0.25) is 9.78 Å². The van der Waals surface area contributed by atoms with Crippen molar-refractivity contribution in [2.24, 2.45) is 5.16 Å². The maximum absolute atomic E-state index is 12.6. The number of oxime groups is 1. The first-order valence-electron chi connectivity index (χ1n) is 11.1. The Balaban J connectivity index is 1.69. The molecule has 9 heteroatoms. The van der Waals surface area contributed by atoms with Crippen LogP contribution in [0.2, 0.25) is 0 Å². The number of hydrogen-bond acceptors (Lipinski definition) is 8. The highest BCUT2D eigenvalue weighted by atomic mass is 16.6. The fraction of sp³-hybridized carbons (Fsp3) is 0.565. The minimum atomic E-state index is -0.538. The van der Waals surface area contributed by atoms with Crippen molar-refractivity contribution < 1.29 is 14.0 Å². The summed E-state index contributed by atoms with van der Waals surface area (Å²) < 4.78 is 11.0. The van der Waals surface area contributed by atoms with E-state index in [2.05, 4.69) is 33.5 Å². The number of aromatic nitrogens is 2. The number of unbranched alkanes of at least 4 members (excludes halogenated alkanes) is 2. The molecule has 1 fully saturated rings. The highest BCUT2D eigenvalue weighted by molar-refractivity contribution is 5.85. The van der Waals surface area contributed by atoms with Crippen LogP contribution in [0.25, 0.3) is 11.1 Å². The Morgan fingerprint density at radius 3 is 2.66 bits per heavy atom. The van der Waals surface area contributed by atoms with Gasteiger partial charge in [0.05, 0.1) is 5.71 Å². The zero-order valence-electron chi connectivity index (χ0n) is 19.3. The number of fused-ring (bicyclic) bond motifs is 1. The lowest BCUT2D eigenvalue weighted by Crippen LogP contribution is -2.36. The molecule has 0 bridgehead atoms. The number of ether oxygens (including phenoxy) is 1. The zero-order chi connectivity index (χ0) is 23.3. The third-order valence-corrected chi connectivity index (χ3v) is 5.10. The smallest absolute Gasteiger partial charge is 0.337 e. The molecule has 2 aromatic heterocycles. The molecule has 0 radical (unpaired) electrons. The molecule has 2 aromatic rings. The van der Waals surface area contributed by atoms with Gasteiger partial charge in [0.1, 0.15) is 11.0 Å². The second-order valence-corrected chi connectivity index (χ2v) is 8.94. The molecule has 0 amide bonds. The van der Waals surface area contributed by atoms with Crippen LogP contribution in [0, 0.1) is 0 Å². The van der Waals surface area contributed by atoms with E-state index in [1.165, 1.54) is 6.07 Å². The summed E-state index contributed by atoms with van der Waals surface area (Å²) in [5, 5.41) is 4.43. The van der Waals surface area contributed by atoms with Gasteiger partial charge in [0.15, 0.2) is 5.88 Å². The Hall–Kier alpha value is -3.10. The van der Waals surface area contributed by atoms with Crippen molar-refractivity contribution >= 4 is 16.8 Å². The third-order valence-electron chi connectivity index (χ3n) is 5.10. The van der Waals surface area contributed by atoms with Crippen molar-refractivity contribution in [2.75, 3.05) is 13.1 Å². The SMILES string of the molecule is C=C(OC(C)(C)C)N1CCC(=NOc2nc3oc(=O)cc(CCCCC)c3c(=O)[nH]2)CC1. The van der Waals surface area contributed by atoms with Crippen LogP contribution in [0.4, 0.5) is 0 Å². The summed E-state index contributed by atoms with van der Waals surface area (Å²) in [5.41, 5.74) is 0.194. The highest BCUT2D eigenvalue weighted by Gasteiger charge is 2.21. The maximum atomic E-state index is 12.6. The quantitative estimate of drug-likeness (QED) is 0.375. The first kappa shape index (κ1) is 23.6. The molecule has 9 nitrogen and oxygen atoms in total. The van der Waals surface area contributed by atoms with E-state index in [4.69, 9.17) is 14.0 Å². The van der Waals surface area contributed by atoms with Crippen LogP contribution in [0.15, 0.2) is 37.7 Å². The van der Waals surface area contributed by atoms with Crippen LogP contribution < -0.4 is 16.0 Å². The molecule has 3 heterocycles. The summed E-state index contributed by atoms with van der Waals surface area (Å²) in [4.78, 5) is 38.7. The van der Waals surface area contributed by atoms with Crippen molar-refractivity contribution in [3.8, 4) is 6.01 Å². The van der Waals surface area contributed by atoms with Gasteiger partial charge in [-0.15, -0.1) is 0 Å². The summed E-state index contributed by atoms with van der Waals surface area (Å²) in [5.74, 6) is 0.641. The fourth-order valence-electron chi connectivity index (χ4n) is 3.57. The summed E-state index contributed by atoms with van der Waals surface area (Å²) in [6, 6.07) is 1.26. The Morgan fingerprint density at radius 2 is 2.00 bits per heavy atom. The van der Waals surface area contributed by atoms with E-state index >= 15 is 0 Å². The zero-order valence-corrected chi connectivity index (χ0v) is 19.3. The van der Waals surface area contributed by atoms with E-state index in [1.807, 2.05) is 20.8 Å². The number of nitrogens with one attached hydrogen (secondary N) is 1. The standard InChI is InChI=1S/C23H32N4O5/c1-6-7-8-9-16-14-18(28)30-21-19(16)20(29)24-22(25-21)32-26-17-10-12-27(13-11-17)15(2)31-23(3,4)5/h14H,2,6-13H2,1,3-5H3,(H,24,25,29). The van der Waals surface area contributed by atoms with Gasteiger partial charge in [0, 0.05) is 32.0 Å². The Labute approximate surface area is 187 Å². The molecule has 0 aromatic carbocycles. The first-order chi connectivity index (χ1) is 15.2. The van der Waals surface area contributed by atoms with Gasteiger partial charge >= 0.3 is 11.6 Å². The molecule has 1 aliphatic heterocycles. The Kier molecular flexibility index (Phi) is 7.37. The van der Waals surface area contributed by atoms with Crippen molar-refractivity contribution in [3.05, 3.63) is 44.9 Å². The summed E-state index contributed by atoms with van der Waals surface area (Å²) in [7, 11) is 0. The number of rotatable bonds is 8. The normalized spacial score (nSPS) is 14.5. The number of nitrogens with zero attached hydrogens (tertiary/aromatic N) is 3. The van der Waals surface area contributed by atoms with Crippen molar-refractivity contribution in [3.63, 3.8) is 0 Å². The Bertz CT molecular complexity index is 1100. The lowest BCUT2D eigenvalue weighted by atomic mass is 10.1. The van der Waals surface area contributed by atoms with Gasteiger partial charge in [-0.25, -0.2) is 4.79 Å². The minimum absolute atomic E-state index is 0.0339. The fourth-order valence-corrected chi connectivity index (χ4v) is 3.57.